The lowest BCUT2D eigenvalue weighted by atomic mass is 10.1. The van der Waals surface area contributed by atoms with Gasteiger partial charge in [-0.1, -0.05) is 12.1 Å². The normalized spacial score (nSPS) is 12.5. The van der Waals surface area contributed by atoms with Crippen molar-refractivity contribution >= 4 is 27.5 Å². The number of anilines is 1. The Bertz CT molecular complexity index is 1090. The first-order valence-corrected chi connectivity index (χ1v) is 13.2. The molecule has 1 atom stereocenters. The molecule has 8 nitrogen and oxygen atoms in total. The van der Waals surface area contributed by atoms with Crippen LogP contribution in [-0.2, 0) is 16.6 Å². The Morgan fingerprint density at radius 1 is 1.03 bits per heavy atom. The highest BCUT2D eigenvalue weighted by atomic mass is 32.3. The molecule has 0 aliphatic rings. The molecule has 33 heavy (non-hydrogen) atoms. The fourth-order valence-corrected chi connectivity index (χ4v) is 4.02. The Morgan fingerprint density at radius 2 is 1.70 bits per heavy atom. The Kier molecular flexibility index (Phi) is 7.65. The number of aryl methyl sites for hydroxylation is 1. The van der Waals surface area contributed by atoms with Gasteiger partial charge >= 0.3 is 0 Å². The maximum Gasteiger partial charge on any atom is 0.258 e. The predicted octanol–water partition coefficient (Wildman–Crippen LogP) is 3.36. The number of nitrogens with one attached hydrogen (secondary N) is 2. The largest absolute Gasteiger partial charge is 0.497 e. The Morgan fingerprint density at radius 3 is 2.24 bits per heavy atom. The number of rotatable bonds is 9. The second kappa shape index (κ2) is 10.4. The Balaban J connectivity index is 1.73. The van der Waals surface area contributed by atoms with E-state index in [0.29, 0.717) is 22.9 Å². The average molecular weight is 471 g/mol. The van der Waals surface area contributed by atoms with Gasteiger partial charge in [0, 0.05) is 25.0 Å². The molecule has 1 unspecified atom stereocenters. The number of carbonyl (C=O) groups excluding carboxylic acids is 2. The molecule has 3 rings (SSSR count). The summed E-state index contributed by atoms with van der Waals surface area (Å²) in [7, 11) is 2.46. The molecule has 3 aromatic rings. The number of hydrogen-bond acceptors (Lipinski definition) is 5. The third-order valence-electron chi connectivity index (χ3n) is 4.89. The van der Waals surface area contributed by atoms with Crippen LogP contribution >= 0.6 is 10.0 Å². The maximum atomic E-state index is 13.2. The van der Waals surface area contributed by atoms with Gasteiger partial charge in [0.2, 0.25) is 5.88 Å². The minimum atomic E-state index is -0.913. The minimum Gasteiger partial charge on any atom is -0.497 e. The molecule has 2 N–H and O–H groups in total. The summed E-state index contributed by atoms with van der Waals surface area (Å²) >= 11 is 0. The van der Waals surface area contributed by atoms with Crippen molar-refractivity contribution in [2.75, 3.05) is 37.8 Å². The second-order valence-corrected chi connectivity index (χ2v) is 12.4. The summed E-state index contributed by atoms with van der Waals surface area (Å²) in [6.45, 7) is -0.264. The van der Waals surface area contributed by atoms with Crippen LogP contribution < -0.4 is 20.1 Å². The lowest BCUT2D eigenvalue weighted by molar-refractivity contribution is -0.128. The lowest BCUT2D eigenvalue weighted by Crippen LogP contribution is -2.39. The third kappa shape index (κ3) is 6.76. The fraction of sp³-hybridized carbons (Fsp3) is 0.292. The van der Waals surface area contributed by atoms with Crippen LogP contribution in [0, 0.1) is 0 Å². The molecular weight excluding hydrogens is 440 g/mol. The van der Waals surface area contributed by atoms with Crippen molar-refractivity contribution in [2.24, 2.45) is 7.05 Å². The number of nitrogens with zero attached hydrogens (tertiary/aromatic N) is 2. The van der Waals surface area contributed by atoms with Crippen molar-refractivity contribution in [2.45, 2.75) is 10.9 Å². The van der Waals surface area contributed by atoms with Gasteiger partial charge in [0.1, 0.15) is 11.8 Å². The van der Waals surface area contributed by atoms with Gasteiger partial charge in [-0.25, -0.2) is 10.0 Å². The van der Waals surface area contributed by atoms with Crippen molar-refractivity contribution in [3.8, 4) is 11.6 Å². The zero-order valence-electron chi connectivity index (χ0n) is 19.5. The van der Waals surface area contributed by atoms with Crippen molar-refractivity contribution in [1.82, 2.24) is 15.1 Å². The lowest BCUT2D eigenvalue weighted by Gasteiger charge is -2.26. The number of hydrogen-bond donors (Lipinski definition) is 2. The molecular formula is C24H30N4O4S. The number of amides is 2. The smallest absolute Gasteiger partial charge is 0.258 e. The molecule has 0 spiro atoms. The molecule has 0 saturated heterocycles. The van der Waals surface area contributed by atoms with Gasteiger partial charge in [-0.2, -0.15) is 0 Å². The number of aromatic nitrogens is 2. The summed E-state index contributed by atoms with van der Waals surface area (Å²) in [5.41, 5.74) is 1.28. The van der Waals surface area contributed by atoms with E-state index in [0.717, 1.165) is 0 Å². The van der Waals surface area contributed by atoms with Gasteiger partial charge in [-0.15, -0.1) is 5.10 Å². The first-order chi connectivity index (χ1) is 15.7. The Hall–Kier alpha value is -3.46. The molecule has 0 aliphatic carbocycles. The van der Waals surface area contributed by atoms with Crippen molar-refractivity contribution in [3.63, 3.8) is 0 Å². The minimum absolute atomic E-state index is 0.264. The molecule has 2 aromatic carbocycles. The van der Waals surface area contributed by atoms with Gasteiger partial charge in [0.05, 0.1) is 7.11 Å². The van der Waals surface area contributed by atoms with Crippen LogP contribution in [0.2, 0.25) is 0 Å². The summed E-state index contributed by atoms with van der Waals surface area (Å²) in [5, 5.41) is 9.73. The quantitative estimate of drug-likeness (QED) is 0.500. The molecule has 0 fully saturated rings. The molecule has 0 aliphatic heterocycles. The summed E-state index contributed by atoms with van der Waals surface area (Å²) in [6, 6.07) is 15.5. The Labute approximate surface area is 195 Å². The fourth-order valence-electron chi connectivity index (χ4n) is 3.07. The average Bonchev–Trinajstić information content (AvgIpc) is 3.21. The highest BCUT2D eigenvalue weighted by Gasteiger charge is 2.24. The van der Waals surface area contributed by atoms with E-state index in [1.54, 1.807) is 55.4 Å². The van der Waals surface area contributed by atoms with Crippen LogP contribution in [0.25, 0.3) is 0 Å². The molecule has 176 valence electrons. The van der Waals surface area contributed by atoms with Gasteiger partial charge in [0.15, 0.2) is 6.61 Å². The highest BCUT2D eigenvalue weighted by Crippen LogP contribution is 2.45. The molecule has 1 aromatic heterocycles. The summed E-state index contributed by atoms with van der Waals surface area (Å²) in [6.07, 6.45) is 8.35. The molecule has 9 heteroatoms. The van der Waals surface area contributed by atoms with Crippen LogP contribution in [-0.4, -0.2) is 54.1 Å². The van der Waals surface area contributed by atoms with Crippen LogP contribution in [0.1, 0.15) is 11.6 Å². The second-order valence-electron chi connectivity index (χ2n) is 8.24. The van der Waals surface area contributed by atoms with Gasteiger partial charge in [0.25, 0.3) is 11.8 Å². The summed E-state index contributed by atoms with van der Waals surface area (Å²) in [5.74, 6) is 0.188. The zero-order valence-corrected chi connectivity index (χ0v) is 20.3. The number of methoxy groups -OCH3 is 1. The maximum absolute atomic E-state index is 13.2. The molecule has 2 amide bonds. The van der Waals surface area contributed by atoms with E-state index >= 15 is 0 Å². The first-order valence-electron chi connectivity index (χ1n) is 10.3. The molecule has 0 radical (unpaired) electrons. The van der Waals surface area contributed by atoms with Crippen LogP contribution in [0.3, 0.4) is 0 Å². The topological polar surface area (TPSA) is 94.5 Å². The number of benzene rings is 2. The van der Waals surface area contributed by atoms with E-state index in [4.69, 9.17) is 9.47 Å². The van der Waals surface area contributed by atoms with Gasteiger partial charge < -0.3 is 20.1 Å². The number of carbonyl (C=O) groups is 2. The van der Waals surface area contributed by atoms with Crippen molar-refractivity contribution < 1.29 is 19.1 Å². The zero-order chi connectivity index (χ0) is 24.0. The van der Waals surface area contributed by atoms with E-state index < -0.39 is 22.0 Å². The predicted molar refractivity (Wildman–Crippen MR) is 131 cm³/mol. The van der Waals surface area contributed by atoms with Crippen molar-refractivity contribution in [1.29, 1.82) is 0 Å². The van der Waals surface area contributed by atoms with E-state index in [9.17, 15) is 9.59 Å². The van der Waals surface area contributed by atoms with Crippen molar-refractivity contribution in [3.05, 3.63) is 66.4 Å². The van der Waals surface area contributed by atoms with E-state index in [-0.39, 0.29) is 12.5 Å². The molecule has 1 heterocycles. The molecule has 0 bridgehead atoms. The number of ether oxygens (including phenoxy) is 2. The summed E-state index contributed by atoms with van der Waals surface area (Å²) < 4.78 is 12.2. The first kappa shape index (κ1) is 24.2. The van der Waals surface area contributed by atoms with Gasteiger partial charge in [-0.3, -0.25) is 14.3 Å². The summed E-state index contributed by atoms with van der Waals surface area (Å²) in [4.78, 5) is 27.0. The third-order valence-corrected chi connectivity index (χ3v) is 6.57. The molecule has 0 saturated carbocycles. The monoisotopic (exact) mass is 470 g/mol. The SMILES string of the molecule is COc1ccc(C(NC(=O)COc2ccn(C)n2)C(=O)Nc2ccc(S(C)(C)C)cc2)cc1. The van der Waals surface area contributed by atoms with E-state index in [1.165, 1.54) is 4.90 Å². The van der Waals surface area contributed by atoms with Gasteiger partial charge in [-0.05, 0) is 65.6 Å². The standard InChI is InChI=1S/C24H30N4O4S/c1-28-15-14-22(27-28)32-16-21(29)26-23(17-6-10-19(31-2)11-7-17)24(30)25-18-8-12-20(13-9-18)33(3,4)5/h6-15,23H,16H2,1-5H3,(H,25,30)(H,26,29). The van der Waals surface area contributed by atoms with E-state index in [1.807, 2.05) is 24.3 Å². The highest BCUT2D eigenvalue weighted by molar-refractivity contribution is 8.32. The van der Waals surface area contributed by atoms with Crippen LogP contribution in [0.5, 0.6) is 11.6 Å². The van der Waals surface area contributed by atoms with Crippen LogP contribution in [0.15, 0.2) is 65.7 Å². The van der Waals surface area contributed by atoms with E-state index in [2.05, 4.69) is 34.5 Å². The van der Waals surface area contributed by atoms with Crippen LogP contribution in [0.4, 0.5) is 5.69 Å².